The normalized spacial score (nSPS) is 9.80. The van der Waals surface area contributed by atoms with Crippen LogP contribution in [0.2, 0.25) is 4.44 Å². The van der Waals surface area contributed by atoms with Gasteiger partial charge in [-0.05, 0) is 0 Å². The molecule has 3 radical (unpaired) electrons. The second-order valence-electron chi connectivity index (χ2n) is 2.43. The first kappa shape index (κ1) is 8.12. The van der Waals surface area contributed by atoms with E-state index in [-0.39, 0.29) is 0 Å². The van der Waals surface area contributed by atoms with E-state index < -0.39 is 0 Å². The molecule has 1 heteroatoms. The van der Waals surface area contributed by atoms with Crippen molar-refractivity contribution in [3.63, 3.8) is 0 Å². The summed E-state index contributed by atoms with van der Waals surface area (Å²) >= 11 is 1.64. The Morgan fingerprint density at radius 3 is 2.60 bits per heavy atom. The van der Waals surface area contributed by atoms with E-state index in [9.17, 15) is 0 Å². The Balaban J connectivity index is 2.81. The molecule has 0 bridgehead atoms. The molecule has 0 saturated heterocycles. The van der Waals surface area contributed by atoms with E-state index in [0.29, 0.717) is 0 Å². The van der Waals surface area contributed by atoms with E-state index in [2.05, 4.69) is 31.2 Å². The Morgan fingerprint density at radius 1 is 1.30 bits per heavy atom. The first-order valence-corrected chi connectivity index (χ1v) is 5.55. The molecule has 0 nitrogen and oxygen atoms in total. The molecule has 0 unspecified atom stereocenters. The zero-order valence-corrected chi connectivity index (χ0v) is 9.08. The van der Waals surface area contributed by atoms with Crippen LogP contribution in [-0.2, 0) is 6.42 Å². The summed E-state index contributed by atoms with van der Waals surface area (Å²) < 4.78 is 1.33. The van der Waals surface area contributed by atoms with Crippen LogP contribution in [0.5, 0.6) is 0 Å². The molecule has 0 amide bonds. The summed E-state index contributed by atoms with van der Waals surface area (Å²) in [6.45, 7) is 2.18. The SMILES string of the molecule is Cc1ccccc1C[CH2][Sn]. The number of hydrogen-bond acceptors (Lipinski definition) is 0. The molecule has 0 heterocycles. The standard InChI is InChI=1S/C9H11.Sn/c1-3-9-7-5-4-6-8(9)2;/h4-7H,1,3H2,2H3;. The number of rotatable bonds is 2. The van der Waals surface area contributed by atoms with E-state index in [1.165, 1.54) is 22.0 Å². The molecule has 51 valence electrons. The monoisotopic (exact) mass is 239 g/mol. The van der Waals surface area contributed by atoms with Crippen molar-refractivity contribution in [3.05, 3.63) is 35.4 Å². The van der Waals surface area contributed by atoms with Crippen molar-refractivity contribution >= 4 is 22.5 Å². The van der Waals surface area contributed by atoms with Gasteiger partial charge in [-0.15, -0.1) is 0 Å². The predicted octanol–water partition coefficient (Wildman–Crippen LogP) is 2.12. The van der Waals surface area contributed by atoms with Crippen LogP contribution in [0, 0.1) is 6.92 Å². The van der Waals surface area contributed by atoms with Crippen molar-refractivity contribution in [2.75, 3.05) is 0 Å². The third-order valence-electron chi connectivity index (χ3n) is 1.66. The van der Waals surface area contributed by atoms with Gasteiger partial charge in [0.25, 0.3) is 0 Å². The molecule has 0 aromatic heterocycles. The van der Waals surface area contributed by atoms with Crippen LogP contribution in [0.25, 0.3) is 0 Å². The van der Waals surface area contributed by atoms with E-state index in [0.717, 1.165) is 0 Å². The van der Waals surface area contributed by atoms with Crippen LogP contribution < -0.4 is 0 Å². The van der Waals surface area contributed by atoms with Crippen molar-refractivity contribution in [2.24, 2.45) is 0 Å². The quantitative estimate of drug-likeness (QED) is 0.692. The van der Waals surface area contributed by atoms with E-state index >= 15 is 0 Å². The second-order valence-corrected chi connectivity index (χ2v) is 3.85. The summed E-state index contributed by atoms with van der Waals surface area (Å²) in [5, 5.41) is 0. The van der Waals surface area contributed by atoms with Gasteiger partial charge in [0.1, 0.15) is 0 Å². The first-order valence-electron chi connectivity index (χ1n) is 3.53. The Morgan fingerprint density at radius 2 is 2.00 bits per heavy atom. The molecule has 0 saturated carbocycles. The van der Waals surface area contributed by atoms with Crippen molar-refractivity contribution in [1.29, 1.82) is 0 Å². The minimum absolute atomic E-state index is 1.25. The van der Waals surface area contributed by atoms with Crippen molar-refractivity contribution in [3.8, 4) is 0 Å². The summed E-state index contributed by atoms with van der Waals surface area (Å²) in [5.74, 6) is 0. The number of hydrogen-bond donors (Lipinski definition) is 0. The summed E-state index contributed by atoms with van der Waals surface area (Å²) in [5.41, 5.74) is 2.95. The Hall–Kier alpha value is 0.0187. The van der Waals surface area contributed by atoms with Crippen LogP contribution in [0.3, 0.4) is 0 Å². The minimum atomic E-state index is 1.25. The molecule has 1 rings (SSSR count). The maximum absolute atomic E-state index is 2.22. The van der Waals surface area contributed by atoms with Crippen molar-refractivity contribution < 1.29 is 0 Å². The van der Waals surface area contributed by atoms with Crippen LogP contribution in [0.1, 0.15) is 11.1 Å². The number of benzene rings is 1. The molecule has 0 aliphatic carbocycles. The molecular weight excluding hydrogens is 227 g/mol. The van der Waals surface area contributed by atoms with Gasteiger partial charge in [-0.3, -0.25) is 0 Å². The molecule has 0 fully saturated rings. The van der Waals surface area contributed by atoms with Gasteiger partial charge in [-0.1, -0.05) is 0 Å². The molecule has 0 spiro atoms. The molecule has 0 aliphatic heterocycles. The molecule has 1 aromatic rings. The molecular formula is C9H11Sn. The van der Waals surface area contributed by atoms with Gasteiger partial charge in [0, 0.05) is 0 Å². The van der Waals surface area contributed by atoms with Gasteiger partial charge in [-0.25, -0.2) is 0 Å². The molecule has 10 heavy (non-hydrogen) atoms. The Kier molecular flexibility index (Phi) is 3.26. The van der Waals surface area contributed by atoms with Gasteiger partial charge in [0.2, 0.25) is 0 Å². The van der Waals surface area contributed by atoms with Gasteiger partial charge in [0.15, 0.2) is 0 Å². The molecule has 1 aromatic carbocycles. The predicted molar refractivity (Wildman–Crippen MR) is 45.4 cm³/mol. The van der Waals surface area contributed by atoms with Crippen LogP contribution >= 0.6 is 0 Å². The number of aryl methyl sites for hydroxylation is 2. The average molecular weight is 238 g/mol. The van der Waals surface area contributed by atoms with E-state index in [1.807, 2.05) is 0 Å². The van der Waals surface area contributed by atoms with Gasteiger partial charge in [0.05, 0.1) is 0 Å². The average Bonchev–Trinajstić information content (AvgIpc) is 1.94. The van der Waals surface area contributed by atoms with Crippen molar-refractivity contribution in [2.45, 2.75) is 17.8 Å². The van der Waals surface area contributed by atoms with E-state index in [4.69, 9.17) is 0 Å². The third-order valence-corrected chi connectivity index (χ3v) is 2.37. The van der Waals surface area contributed by atoms with Crippen molar-refractivity contribution in [1.82, 2.24) is 0 Å². The maximum atomic E-state index is 2.22. The zero-order chi connectivity index (χ0) is 7.40. The fourth-order valence-corrected chi connectivity index (χ4v) is 1.79. The first-order chi connectivity index (χ1) is 4.84. The molecule has 0 aliphatic rings. The zero-order valence-electron chi connectivity index (χ0n) is 6.22. The van der Waals surface area contributed by atoms with Gasteiger partial charge < -0.3 is 0 Å². The van der Waals surface area contributed by atoms with Crippen LogP contribution in [0.4, 0.5) is 0 Å². The van der Waals surface area contributed by atoms with Gasteiger partial charge >= 0.3 is 75.7 Å². The summed E-state index contributed by atoms with van der Waals surface area (Å²) in [6, 6.07) is 8.62. The Bertz CT molecular complexity index is 206. The fraction of sp³-hybridized carbons (Fsp3) is 0.333. The molecule has 0 atom stereocenters. The topological polar surface area (TPSA) is 0 Å². The van der Waals surface area contributed by atoms with Crippen LogP contribution in [-0.4, -0.2) is 22.5 Å². The second kappa shape index (κ2) is 4.01. The Labute approximate surface area is 75.7 Å². The molecule has 0 N–H and O–H groups in total. The third kappa shape index (κ3) is 2.01. The fourth-order valence-electron chi connectivity index (χ4n) is 1.03. The summed E-state index contributed by atoms with van der Waals surface area (Å²) in [6.07, 6.45) is 1.25. The van der Waals surface area contributed by atoms with Crippen LogP contribution in [0.15, 0.2) is 24.3 Å². The summed E-state index contributed by atoms with van der Waals surface area (Å²) in [7, 11) is 0. The van der Waals surface area contributed by atoms with E-state index in [1.54, 1.807) is 22.5 Å². The summed E-state index contributed by atoms with van der Waals surface area (Å²) in [4.78, 5) is 0. The van der Waals surface area contributed by atoms with Gasteiger partial charge in [-0.2, -0.15) is 0 Å².